The maximum Gasteiger partial charge on any atom is 0.180 e. The quantitative estimate of drug-likeness (QED) is 0.922. The van der Waals surface area contributed by atoms with Crippen LogP contribution < -0.4 is 5.32 Å². The van der Waals surface area contributed by atoms with Gasteiger partial charge in [0.25, 0.3) is 0 Å². The van der Waals surface area contributed by atoms with E-state index in [0.717, 1.165) is 4.88 Å². The highest BCUT2D eigenvalue weighted by Gasteiger charge is 2.15. The molecule has 4 nitrogen and oxygen atoms in total. The molecule has 1 heterocycles. The van der Waals surface area contributed by atoms with E-state index in [1.165, 1.54) is 11.3 Å². The average Bonchev–Trinajstić information content (AvgIpc) is 2.93. The number of nitrogens with zero attached hydrogens (tertiary/aromatic N) is 1. The number of para-hydroxylation sites is 1. The van der Waals surface area contributed by atoms with Crippen molar-refractivity contribution in [1.29, 1.82) is 5.26 Å². The van der Waals surface area contributed by atoms with E-state index in [-0.39, 0.29) is 5.75 Å². The molecule has 2 rings (SSSR count). The molecule has 1 aromatic carbocycles. The van der Waals surface area contributed by atoms with Crippen LogP contribution in [0.2, 0.25) is 0 Å². The molecular weight excluding hydrogens is 292 g/mol. The lowest BCUT2D eigenvalue weighted by Crippen LogP contribution is -2.08. The summed E-state index contributed by atoms with van der Waals surface area (Å²) in [6.07, 6.45) is 0. The van der Waals surface area contributed by atoms with Crippen molar-refractivity contribution in [2.45, 2.75) is 18.4 Å². The molecule has 0 amide bonds. The van der Waals surface area contributed by atoms with Crippen LogP contribution >= 0.6 is 11.3 Å². The summed E-state index contributed by atoms with van der Waals surface area (Å²) in [7, 11) is -3.24. The second-order valence-electron chi connectivity index (χ2n) is 4.13. The van der Waals surface area contributed by atoms with E-state index in [9.17, 15) is 8.42 Å². The van der Waals surface area contributed by atoms with E-state index in [1.54, 1.807) is 37.3 Å². The van der Waals surface area contributed by atoms with Gasteiger partial charge in [-0.1, -0.05) is 19.1 Å². The molecule has 0 aliphatic heterocycles. The summed E-state index contributed by atoms with van der Waals surface area (Å²) in [4.78, 5) is 1.96. The predicted molar refractivity (Wildman–Crippen MR) is 80.5 cm³/mol. The van der Waals surface area contributed by atoms with Gasteiger partial charge in [-0.2, -0.15) is 5.26 Å². The Morgan fingerprint density at radius 1 is 1.25 bits per heavy atom. The van der Waals surface area contributed by atoms with Gasteiger partial charge in [-0.25, -0.2) is 8.42 Å². The highest BCUT2D eigenvalue weighted by Crippen LogP contribution is 2.24. The van der Waals surface area contributed by atoms with Gasteiger partial charge in [-0.15, -0.1) is 11.3 Å². The van der Waals surface area contributed by atoms with Crippen LogP contribution in [-0.2, 0) is 16.4 Å². The Kier molecular flexibility index (Phi) is 4.42. The maximum atomic E-state index is 12.0. The molecule has 104 valence electrons. The SMILES string of the molecule is CCS(=O)(=O)c1ccccc1NCc1ccc(C#N)s1. The lowest BCUT2D eigenvalue weighted by atomic mass is 10.3. The number of benzene rings is 1. The summed E-state index contributed by atoms with van der Waals surface area (Å²) < 4.78 is 24.0. The Bertz CT molecular complexity index is 743. The van der Waals surface area contributed by atoms with Crippen LogP contribution in [0.5, 0.6) is 0 Å². The summed E-state index contributed by atoms with van der Waals surface area (Å²) in [6, 6.07) is 12.6. The number of anilines is 1. The van der Waals surface area contributed by atoms with Crippen molar-refractivity contribution in [2.75, 3.05) is 11.1 Å². The minimum absolute atomic E-state index is 0.0727. The lowest BCUT2D eigenvalue weighted by molar-refractivity contribution is 0.597. The largest absolute Gasteiger partial charge is 0.379 e. The van der Waals surface area contributed by atoms with Crippen LogP contribution in [0.1, 0.15) is 16.7 Å². The number of thiophene rings is 1. The number of hydrogen-bond donors (Lipinski definition) is 1. The topological polar surface area (TPSA) is 70.0 Å². The molecule has 0 atom stereocenters. The molecule has 0 aliphatic carbocycles. The number of sulfone groups is 1. The van der Waals surface area contributed by atoms with Crippen molar-refractivity contribution in [2.24, 2.45) is 0 Å². The van der Waals surface area contributed by atoms with E-state index >= 15 is 0 Å². The van der Waals surface area contributed by atoms with Crippen LogP contribution in [0.3, 0.4) is 0 Å². The van der Waals surface area contributed by atoms with Crippen LogP contribution in [0.4, 0.5) is 5.69 Å². The molecule has 1 aromatic heterocycles. The molecule has 0 fully saturated rings. The van der Waals surface area contributed by atoms with Gasteiger partial charge >= 0.3 is 0 Å². The Labute approximate surface area is 122 Å². The molecule has 0 saturated carbocycles. The summed E-state index contributed by atoms with van der Waals surface area (Å²) in [5.41, 5.74) is 0.598. The zero-order valence-corrected chi connectivity index (χ0v) is 12.6. The summed E-state index contributed by atoms with van der Waals surface area (Å²) in [5, 5.41) is 11.9. The van der Waals surface area contributed by atoms with Gasteiger partial charge in [0.1, 0.15) is 10.9 Å². The van der Waals surface area contributed by atoms with Crippen molar-refractivity contribution in [1.82, 2.24) is 0 Å². The molecule has 0 spiro atoms. The zero-order chi connectivity index (χ0) is 14.6. The summed E-state index contributed by atoms with van der Waals surface area (Å²) in [5.74, 6) is 0.0727. The predicted octanol–water partition coefficient (Wildman–Crippen LogP) is 3.03. The first kappa shape index (κ1) is 14.6. The van der Waals surface area contributed by atoms with Gasteiger partial charge in [0.15, 0.2) is 9.84 Å². The lowest BCUT2D eigenvalue weighted by Gasteiger charge is -2.10. The van der Waals surface area contributed by atoms with Gasteiger partial charge in [-0.05, 0) is 24.3 Å². The molecule has 0 aliphatic rings. The van der Waals surface area contributed by atoms with E-state index in [1.807, 2.05) is 6.07 Å². The van der Waals surface area contributed by atoms with Crippen LogP contribution in [-0.4, -0.2) is 14.2 Å². The Morgan fingerprint density at radius 3 is 2.65 bits per heavy atom. The molecule has 0 unspecified atom stereocenters. The average molecular weight is 306 g/mol. The Balaban J connectivity index is 2.20. The molecule has 0 radical (unpaired) electrons. The van der Waals surface area contributed by atoms with E-state index < -0.39 is 9.84 Å². The molecule has 6 heteroatoms. The van der Waals surface area contributed by atoms with Gasteiger partial charge < -0.3 is 5.32 Å². The third-order valence-electron chi connectivity index (χ3n) is 2.83. The number of nitriles is 1. The number of hydrogen-bond acceptors (Lipinski definition) is 5. The third-order valence-corrected chi connectivity index (χ3v) is 5.60. The minimum atomic E-state index is -3.24. The normalized spacial score (nSPS) is 11.0. The maximum absolute atomic E-state index is 12.0. The fraction of sp³-hybridized carbons (Fsp3) is 0.214. The Morgan fingerprint density at radius 2 is 2.00 bits per heavy atom. The molecule has 2 aromatic rings. The summed E-state index contributed by atoms with van der Waals surface area (Å²) in [6.45, 7) is 2.13. The molecule has 1 N–H and O–H groups in total. The first-order chi connectivity index (χ1) is 9.56. The molecule has 0 bridgehead atoms. The molecule has 0 saturated heterocycles. The Hall–Kier alpha value is -1.84. The van der Waals surface area contributed by atoms with Crippen molar-refractivity contribution in [3.8, 4) is 6.07 Å². The summed E-state index contributed by atoms with van der Waals surface area (Å²) >= 11 is 1.40. The van der Waals surface area contributed by atoms with Gasteiger partial charge in [-0.3, -0.25) is 0 Å². The second-order valence-corrected chi connectivity index (χ2v) is 7.55. The zero-order valence-electron chi connectivity index (χ0n) is 11.0. The highest BCUT2D eigenvalue weighted by molar-refractivity contribution is 7.91. The fourth-order valence-corrected chi connectivity index (χ4v) is 3.57. The van der Waals surface area contributed by atoms with Crippen molar-refractivity contribution < 1.29 is 8.42 Å². The van der Waals surface area contributed by atoms with Gasteiger partial charge in [0, 0.05) is 11.4 Å². The van der Waals surface area contributed by atoms with Crippen molar-refractivity contribution >= 4 is 26.9 Å². The van der Waals surface area contributed by atoms with E-state index in [4.69, 9.17) is 5.26 Å². The fourth-order valence-electron chi connectivity index (χ4n) is 1.75. The van der Waals surface area contributed by atoms with Crippen LogP contribution in [0.25, 0.3) is 0 Å². The monoisotopic (exact) mass is 306 g/mol. The van der Waals surface area contributed by atoms with Crippen molar-refractivity contribution in [3.63, 3.8) is 0 Å². The first-order valence-corrected chi connectivity index (χ1v) is 8.58. The third kappa shape index (κ3) is 3.18. The number of rotatable bonds is 5. The second kappa shape index (κ2) is 6.07. The van der Waals surface area contributed by atoms with Gasteiger partial charge in [0.05, 0.1) is 16.3 Å². The smallest absolute Gasteiger partial charge is 0.180 e. The van der Waals surface area contributed by atoms with E-state index in [0.29, 0.717) is 22.0 Å². The van der Waals surface area contributed by atoms with Crippen LogP contribution in [0, 0.1) is 11.3 Å². The van der Waals surface area contributed by atoms with Gasteiger partial charge in [0.2, 0.25) is 0 Å². The molecule has 20 heavy (non-hydrogen) atoms. The highest BCUT2D eigenvalue weighted by atomic mass is 32.2. The molecular formula is C14H14N2O2S2. The standard InChI is InChI=1S/C14H14N2O2S2/c1-2-20(17,18)14-6-4-3-5-13(14)16-10-12-8-7-11(9-15)19-12/h3-8,16H,2,10H2,1H3. The minimum Gasteiger partial charge on any atom is -0.379 e. The number of nitrogens with one attached hydrogen (secondary N) is 1. The van der Waals surface area contributed by atoms with Crippen molar-refractivity contribution in [3.05, 3.63) is 46.2 Å². The van der Waals surface area contributed by atoms with E-state index in [2.05, 4.69) is 11.4 Å². The van der Waals surface area contributed by atoms with Crippen LogP contribution in [0.15, 0.2) is 41.3 Å². The first-order valence-electron chi connectivity index (χ1n) is 6.11.